The van der Waals surface area contributed by atoms with Crippen molar-refractivity contribution in [2.45, 2.75) is 27.2 Å². The Morgan fingerprint density at radius 1 is 1.29 bits per heavy atom. The highest BCUT2D eigenvalue weighted by atomic mass is 19.1. The lowest BCUT2D eigenvalue weighted by atomic mass is 10.1. The topological polar surface area (TPSA) is 49.4 Å². The predicted molar refractivity (Wildman–Crippen MR) is 80.2 cm³/mol. The van der Waals surface area contributed by atoms with Crippen LogP contribution >= 0.6 is 0 Å². The Balaban J connectivity index is 2.52. The van der Waals surface area contributed by atoms with E-state index >= 15 is 0 Å². The van der Waals surface area contributed by atoms with Gasteiger partial charge in [0, 0.05) is 20.0 Å². The lowest BCUT2D eigenvalue weighted by Gasteiger charge is -2.21. The maximum Gasteiger partial charge on any atom is 0.239 e. The minimum atomic E-state index is -0.287. The fraction of sp³-hybridized carbons (Fsp3) is 0.500. The number of nitrogens with one attached hydrogen (secondary N) is 1. The van der Waals surface area contributed by atoms with Crippen molar-refractivity contribution in [3.63, 3.8) is 0 Å². The summed E-state index contributed by atoms with van der Waals surface area (Å²) in [5.74, 6) is -0.304. The minimum absolute atomic E-state index is 0.0104. The summed E-state index contributed by atoms with van der Waals surface area (Å²) in [5, 5.41) is 2.77. The van der Waals surface area contributed by atoms with Crippen LogP contribution in [0.25, 0.3) is 0 Å². The van der Waals surface area contributed by atoms with Gasteiger partial charge in [0.05, 0.1) is 6.54 Å². The van der Waals surface area contributed by atoms with Gasteiger partial charge in [0.2, 0.25) is 11.8 Å². The SMILES string of the molecule is CC(=O)N(CCc1ccccc1F)CC(=O)NCC(C)C. The number of halogens is 1. The zero-order valence-electron chi connectivity index (χ0n) is 12.9. The maximum absolute atomic E-state index is 13.5. The Morgan fingerprint density at radius 3 is 2.52 bits per heavy atom. The molecule has 0 aliphatic heterocycles. The number of carbonyl (C=O) groups excluding carboxylic acids is 2. The molecule has 0 spiro atoms. The molecule has 21 heavy (non-hydrogen) atoms. The van der Waals surface area contributed by atoms with Crippen molar-refractivity contribution >= 4 is 11.8 Å². The Morgan fingerprint density at radius 2 is 1.95 bits per heavy atom. The molecule has 0 heterocycles. The minimum Gasteiger partial charge on any atom is -0.354 e. The van der Waals surface area contributed by atoms with Crippen LogP contribution in [0.1, 0.15) is 26.3 Å². The second-order valence-corrected chi connectivity index (χ2v) is 5.48. The summed E-state index contributed by atoms with van der Waals surface area (Å²) < 4.78 is 13.5. The average Bonchev–Trinajstić information content (AvgIpc) is 2.42. The zero-order chi connectivity index (χ0) is 15.8. The van der Waals surface area contributed by atoms with Gasteiger partial charge in [0.1, 0.15) is 5.82 Å². The number of hydrogen-bond donors (Lipinski definition) is 1. The molecule has 0 fully saturated rings. The van der Waals surface area contributed by atoms with Gasteiger partial charge in [0.15, 0.2) is 0 Å². The van der Waals surface area contributed by atoms with Crippen molar-refractivity contribution in [1.29, 1.82) is 0 Å². The molecule has 1 N–H and O–H groups in total. The molecule has 1 rings (SSSR count). The molecular weight excluding hydrogens is 271 g/mol. The Hall–Kier alpha value is -1.91. The number of amides is 2. The van der Waals surface area contributed by atoms with E-state index in [-0.39, 0.29) is 24.2 Å². The lowest BCUT2D eigenvalue weighted by molar-refractivity contribution is -0.134. The van der Waals surface area contributed by atoms with Gasteiger partial charge in [-0.25, -0.2) is 4.39 Å². The first-order chi connectivity index (χ1) is 9.90. The molecule has 116 valence electrons. The van der Waals surface area contributed by atoms with Gasteiger partial charge in [-0.2, -0.15) is 0 Å². The van der Waals surface area contributed by atoms with Crippen LogP contribution in [0.4, 0.5) is 4.39 Å². The molecule has 0 bridgehead atoms. The fourth-order valence-electron chi connectivity index (χ4n) is 1.85. The van der Waals surface area contributed by atoms with Crippen LogP contribution in [0.5, 0.6) is 0 Å². The van der Waals surface area contributed by atoms with Crippen molar-refractivity contribution in [1.82, 2.24) is 10.2 Å². The van der Waals surface area contributed by atoms with E-state index < -0.39 is 0 Å². The van der Waals surface area contributed by atoms with Gasteiger partial charge >= 0.3 is 0 Å². The van der Waals surface area contributed by atoms with Crippen LogP contribution in [-0.2, 0) is 16.0 Å². The van der Waals surface area contributed by atoms with Crippen LogP contribution in [-0.4, -0.2) is 36.3 Å². The fourth-order valence-corrected chi connectivity index (χ4v) is 1.85. The predicted octanol–water partition coefficient (Wildman–Crippen LogP) is 1.99. The zero-order valence-corrected chi connectivity index (χ0v) is 12.9. The van der Waals surface area contributed by atoms with Crippen molar-refractivity contribution < 1.29 is 14.0 Å². The number of carbonyl (C=O) groups is 2. The van der Waals surface area contributed by atoms with E-state index in [1.165, 1.54) is 17.9 Å². The first kappa shape index (κ1) is 17.1. The third-order valence-electron chi connectivity index (χ3n) is 3.10. The number of rotatable bonds is 7. The summed E-state index contributed by atoms with van der Waals surface area (Å²) >= 11 is 0. The molecule has 0 aromatic heterocycles. The molecular formula is C16H23FN2O2. The van der Waals surface area contributed by atoms with Crippen LogP contribution < -0.4 is 5.32 Å². The van der Waals surface area contributed by atoms with Crippen LogP contribution in [0.3, 0.4) is 0 Å². The summed E-state index contributed by atoms with van der Waals surface area (Å²) in [6.45, 7) is 6.33. The van der Waals surface area contributed by atoms with E-state index in [0.29, 0.717) is 31.0 Å². The van der Waals surface area contributed by atoms with Gasteiger partial charge in [-0.1, -0.05) is 32.0 Å². The number of hydrogen-bond acceptors (Lipinski definition) is 2. The molecule has 0 radical (unpaired) electrons. The van der Waals surface area contributed by atoms with Gasteiger partial charge in [-0.15, -0.1) is 0 Å². The molecule has 1 aromatic rings. The first-order valence-corrected chi connectivity index (χ1v) is 7.15. The van der Waals surface area contributed by atoms with Gasteiger partial charge in [-0.3, -0.25) is 9.59 Å². The van der Waals surface area contributed by atoms with E-state index in [0.717, 1.165) is 0 Å². The van der Waals surface area contributed by atoms with Crippen molar-refractivity contribution in [3.8, 4) is 0 Å². The highest BCUT2D eigenvalue weighted by molar-refractivity contribution is 5.83. The van der Waals surface area contributed by atoms with E-state index in [1.54, 1.807) is 18.2 Å². The number of benzene rings is 1. The molecule has 4 nitrogen and oxygen atoms in total. The molecule has 0 saturated heterocycles. The second-order valence-electron chi connectivity index (χ2n) is 5.48. The standard InChI is InChI=1S/C16H23FN2O2/c1-12(2)10-18-16(21)11-19(13(3)20)9-8-14-6-4-5-7-15(14)17/h4-7,12H,8-11H2,1-3H3,(H,18,21). The summed E-state index contributed by atoms with van der Waals surface area (Å²) in [5.41, 5.74) is 0.548. The molecule has 0 aliphatic rings. The van der Waals surface area contributed by atoms with Crippen molar-refractivity contribution in [2.24, 2.45) is 5.92 Å². The number of nitrogens with zero attached hydrogens (tertiary/aromatic N) is 1. The summed E-state index contributed by atoms with van der Waals surface area (Å²) in [7, 11) is 0. The lowest BCUT2D eigenvalue weighted by Crippen LogP contribution is -2.41. The normalized spacial score (nSPS) is 10.5. The third-order valence-corrected chi connectivity index (χ3v) is 3.10. The van der Waals surface area contributed by atoms with E-state index in [9.17, 15) is 14.0 Å². The van der Waals surface area contributed by atoms with Crippen LogP contribution in [0.2, 0.25) is 0 Å². The Labute approximate surface area is 125 Å². The van der Waals surface area contributed by atoms with Crippen molar-refractivity contribution in [3.05, 3.63) is 35.6 Å². The van der Waals surface area contributed by atoms with Crippen molar-refractivity contribution in [2.75, 3.05) is 19.6 Å². The monoisotopic (exact) mass is 294 g/mol. The summed E-state index contributed by atoms with van der Waals surface area (Å²) in [6, 6.07) is 6.46. The summed E-state index contributed by atoms with van der Waals surface area (Å²) in [6.07, 6.45) is 0.393. The van der Waals surface area contributed by atoms with Gasteiger partial charge < -0.3 is 10.2 Å². The van der Waals surface area contributed by atoms with E-state index in [1.807, 2.05) is 13.8 Å². The van der Waals surface area contributed by atoms with E-state index in [2.05, 4.69) is 5.32 Å². The van der Waals surface area contributed by atoms with Gasteiger partial charge in [0.25, 0.3) is 0 Å². The van der Waals surface area contributed by atoms with Gasteiger partial charge in [-0.05, 0) is 24.0 Å². The highest BCUT2D eigenvalue weighted by Crippen LogP contribution is 2.08. The van der Waals surface area contributed by atoms with Crippen LogP contribution in [0, 0.1) is 11.7 Å². The van der Waals surface area contributed by atoms with Crippen LogP contribution in [0.15, 0.2) is 24.3 Å². The maximum atomic E-state index is 13.5. The molecule has 0 unspecified atom stereocenters. The largest absolute Gasteiger partial charge is 0.354 e. The Kier molecular flexibility index (Phi) is 6.85. The molecule has 1 aromatic carbocycles. The smallest absolute Gasteiger partial charge is 0.239 e. The molecule has 2 amide bonds. The molecule has 0 atom stereocenters. The first-order valence-electron chi connectivity index (χ1n) is 7.15. The quantitative estimate of drug-likeness (QED) is 0.836. The summed E-state index contributed by atoms with van der Waals surface area (Å²) in [4.78, 5) is 24.8. The molecule has 0 aliphatic carbocycles. The second kappa shape index (κ2) is 8.39. The average molecular weight is 294 g/mol. The molecule has 5 heteroatoms. The Bertz CT molecular complexity index is 489. The van der Waals surface area contributed by atoms with E-state index in [4.69, 9.17) is 0 Å². The molecule has 0 saturated carbocycles. The highest BCUT2D eigenvalue weighted by Gasteiger charge is 2.14. The third kappa shape index (κ3) is 6.38.